The molecule has 2 heterocycles. The van der Waals surface area contributed by atoms with Crippen molar-refractivity contribution in [1.29, 1.82) is 0 Å². The van der Waals surface area contributed by atoms with Gasteiger partial charge in [0.1, 0.15) is 0 Å². The van der Waals surface area contributed by atoms with Crippen LogP contribution in [0, 0.1) is 6.92 Å². The molecule has 0 fully saturated rings. The second kappa shape index (κ2) is 6.15. The quantitative estimate of drug-likeness (QED) is 0.755. The molecular weight excluding hydrogens is 276 g/mol. The Morgan fingerprint density at radius 1 is 1.45 bits per heavy atom. The largest absolute Gasteiger partial charge is 0.493 e. The molecule has 0 bridgehead atoms. The van der Waals surface area contributed by atoms with Gasteiger partial charge in [0.15, 0.2) is 11.4 Å². The number of carbonyl (C=O) groups excluding carboxylic acids is 1. The lowest BCUT2D eigenvalue weighted by molar-refractivity contribution is 0.102. The zero-order valence-corrected chi connectivity index (χ0v) is 12.9. The summed E-state index contributed by atoms with van der Waals surface area (Å²) >= 11 is 1.38. The van der Waals surface area contributed by atoms with Gasteiger partial charge < -0.3 is 9.64 Å². The van der Waals surface area contributed by atoms with Crippen molar-refractivity contribution in [3.8, 4) is 5.75 Å². The molecule has 7 heteroatoms. The Morgan fingerprint density at radius 3 is 2.75 bits per heavy atom. The molecule has 2 rings (SSSR count). The van der Waals surface area contributed by atoms with Crippen molar-refractivity contribution in [2.75, 3.05) is 27.7 Å². The summed E-state index contributed by atoms with van der Waals surface area (Å²) in [6.45, 7) is 3.31. The van der Waals surface area contributed by atoms with Crippen LogP contribution in [0.4, 0.5) is 0 Å². The van der Waals surface area contributed by atoms with E-state index in [4.69, 9.17) is 4.74 Å². The highest BCUT2D eigenvalue weighted by atomic mass is 32.1. The van der Waals surface area contributed by atoms with Crippen molar-refractivity contribution in [2.45, 2.75) is 13.5 Å². The molecule has 0 unspecified atom stereocenters. The Balaban J connectivity index is 2.33. The van der Waals surface area contributed by atoms with E-state index in [1.165, 1.54) is 11.3 Å². The highest BCUT2D eigenvalue weighted by molar-refractivity contribution is 7.13. The molecule has 2 aromatic heterocycles. The first kappa shape index (κ1) is 14.7. The fraction of sp³-hybridized carbons (Fsp3) is 0.462. The van der Waals surface area contributed by atoms with E-state index >= 15 is 0 Å². The van der Waals surface area contributed by atoms with Gasteiger partial charge in [0.25, 0.3) is 0 Å². The number of ether oxygens (including phenoxy) is 1. The number of thiazole rings is 1. The van der Waals surface area contributed by atoms with Gasteiger partial charge in [-0.2, -0.15) is 5.10 Å². The van der Waals surface area contributed by atoms with Crippen LogP contribution in [-0.4, -0.2) is 53.2 Å². The number of likely N-dealkylation sites (N-methyl/N-ethyl adjacent to an activating group) is 1. The monoisotopic (exact) mass is 294 g/mol. The maximum atomic E-state index is 12.6. The molecule has 0 spiro atoms. The van der Waals surface area contributed by atoms with Crippen LogP contribution in [0.1, 0.15) is 20.4 Å². The summed E-state index contributed by atoms with van der Waals surface area (Å²) in [5, 5.41) is 5.11. The highest BCUT2D eigenvalue weighted by Gasteiger charge is 2.22. The number of hydrogen-bond donors (Lipinski definition) is 0. The summed E-state index contributed by atoms with van der Waals surface area (Å²) in [6, 6.07) is 0. The van der Waals surface area contributed by atoms with Gasteiger partial charge in [-0.25, -0.2) is 4.98 Å². The summed E-state index contributed by atoms with van der Waals surface area (Å²) in [5.41, 5.74) is 0.484. The van der Waals surface area contributed by atoms with E-state index < -0.39 is 0 Å². The normalized spacial score (nSPS) is 11.1. The van der Waals surface area contributed by atoms with Gasteiger partial charge >= 0.3 is 0 Å². The van der Waals surface area contributed by atoms with Crippen LogP contribution < -0.4 is 4.74 Å². The third-order valence-corrected chi connectivity index (χ3v) is 3.76. The van der Waals surface area contributed by atoms with Gasteiger partial charge in [-0.3, -0.25) is 9.48 Å². The Kier molecular flexibility index (Phi) is 4.51. The average molecular weight is 294 g/mol. The van der Waals surface area contributed by atoms with Gasteiger partial charge in [0.2, 0.25) is 5.78 Å². The number of hydrogen-bond acceptors (Lipinski definition) is 6. The fourth-order valence-electron chi connectivity index (χ4n) is 1.79. The lowest BCUT2D eigenvalue weighted by Gasteiger charge is -2.11. The van der Waals surface area contributed by atoms with Gasteiger partial charge in [0, 0.05) is 12.7 Å². The summed E-state index contributed by atoms with van der Waals surface area (Å²) in [7, 11) is 5.51. The van der Waals surface area contributed by atoms with Crippen LogP contribution in [0.5, 0.6) is 5.75 Å². The average Bonchev–Trinajstić information content (AvgIpc) is 3.01. The van der Waals surface area contributed by atoms with Crippen molar-refractivity contribution < 1.29 is 9.53 Å². The maximum absolute atomic E-state index is 12.6. The third kappa shape index (κ3) is 3.05. The molecular formula is C13H18N4O2S. The molecule has 0 saturated heterocycles. The molecule has 0 atom stereocenters. The number of methoxy groups -OCH3 is 1. The number of ketones is 1. The molecule has 108 valence electrons. The Bertz CT molecular complexity index is 603. The second-order valence-electron chi connectivity index (χ2n) is 4.66. The predicted octanol–water partition coefficient (Wildman–Crippen LogP) is 1.45. The Labute approximate surface area is 122 Å². The zero-order chi connectivity index (χ0) is 14.7. The molecule has 0 aliphatic carbocycles. The molecule has 0 amide bonds. The number of aryl methyl sites for hydroxylation is 1. The first-order valence-electron chi connectivity index (χ1n) is 6.24. The van der Waals surface area contributed by atoms with E-state index in [1.807, 2.05) is 25.9 Å². The Morgan fingerprint density at radius 2 is 2.20 bits per heavy atom. The molecule has 0 radical (unpaired) electrons. The van der Waals surface area contributed by atoms with E-state index in [9.17, 15) is 4.79 Å². The van der Waals surface area contributed by atoms with Crippen LogP contribution in [-0.2, 0) is 6.54 Å². The van der Waals surface area contributed by atoms with Gasteiger partial charge in [-0.15, -0.1) is 11.3 Å². The van der Waals surface area contributed by atoms with Gasteiger partial charge in [0.05, 0.1) is 29.7 Å². The molecule has 0 aliphatic heterocycles. The minimum absolute atomic E-state index is 0.0938. The molecule has 6 nitrogen and oxygen atoms in total. The topological polar surface area (TPSA) is 60.2 Å². The van der Waals surface area contributed by atoms with E-state index in [1.54, 1.807) is 24.2 Å². The van der Waals surface area contributed by atoms with Gasteiger partial charge in [-0.05, 0) is 21.0 Å². The standard InChI is InChI=1S/C13H18N4O2S/c1-9-14-8-11(20-9)13(18)12-10(19-4)7-15-17(12)6-5-16(2)3/h7-8H,5-6H2,1-4H3. The number of aromatic nitrogens is 3. The molecule has 20 heavy (non-hydrogen) atoms. The molecule has 0 aliphatic rings. The van der Waals surface area contributed by atoms with Gasteiger partial charge in [-0.1, -0.05) is 0 Å². The van der Waals surface area contributed by atoms with Crippen LogP contribution >= 0.6 is 11.3 Å². The SMILES string of the molecule is COc1cnn(CCN(C)C)c1C(=O)c1cnc(C)s1. The molecule has 2 aromatic rings. The minimum Gasteiger partial charge on any atom is -0.493 e. The lowest BCUT2D eigenvalue weighted by Crippen LogP contribution is -2.21. The second-order valence-corrected chi connectivity index (χ2v) is 5.90. The van der Waals surface area contributed by atoms with Crippen molar-refractivity contribution in [1.82, 2.24) is 19.7 Å². The van der Waals surface area contributed by atoms with Crippen LogP contribution in [0.25, 0.3) is 0 Å². The lowest BCUT2D eigenvalue weighted by atomic mass is 10.2. The van der Waals surface area contributed by atoms with Crippen molar-refractivity contribution in [3.63, 3.8) is 0 Å². The highest BCUT2D eigenvalue weighted by Crippen LogP contribution is 2.24. The van der Waals surface area contributed by atoms with E-state index in [-0.39, 0.29) is 5.78 Å². The fourth-order valence-corrected chi connectivity index (χ4v) is 2.51. The summed E-state index contributed by atoms with van der Waals surface area (Å²) in [6.07, 6.45) is 3.18. The van der Waals surface area contributed by atoms with E-state index in [0.717, 1.165) is 11.6 Å². The maximum Gasteiger partial charge on any atom is 0.226 e. The third-order valence-electron chi connectivity index (χ3n) is 2.84. The van der Waals surface area contributed by atoms with Crippen LogP contribution in [0.2, 0.25) is 0 Å². The molecule has 0 saturated carbocycles. The van der Waals surface area contributed by atoms with Crippen molar-refractivity contribution >= 4 is 17.1 Å². The summed E-state index contributed by atoms with van der Waals surface area (Å²) in [4.78, 5) is 19.4. The predicted molar refractivity (Wildman–Crippen MR) is 77.6 cm³/mol. The molecule has 0 N–H and O–H groups in total. The molecule has 0 aromatic carbocycles. The van der Waals surface area contributed by atoms with E-state index in [0.29, 0.717) is 22.9 Å². The smallest absolute Gasteiger partial charge is 0.226 e. The summed E-state index contributed by atoms with van der Waals surface area (Å²) in [5.74, 6) is 0.406. The minimum atomic E-state index is -0.0938. The van der Waals surface area contributed by atoms with Crippen LogP contribution in [0.15, 0.2) is 12.4 Å². The zero-order valence-electron chi connectivity index (χ0n) is 12.1. The first-order valence-corrected chi connectivity index (χ1v) is 7.06. The van der Waals surface area contributed by atoms with E-state index in [2.05, 4.69) is 10.1 Å². The summed E-state index contributed by atoms with van der Waals surface area (Å²) < 4.78 is 6.94. The van der Waals surface area contributed by atoms with Crippen molar-refractivity contribution in [3.05, 3.63) is 28.0 Å². The van der Waals surface area contributed by atoms with Crippen LogP contribution in [0.3, 0.4) is 0 Å². The number of nitrogens with zero attached hydrogens (tertiary/aromatic N) is 4. The first-order chi connectivity index (χ1) is 9.52. The van der Waals surface area contributed by atoms with Crippen molar-refractivity contribution in [2.24, 2.45) is 0 Å². The number of rotatable bonds is 6. The number of carbonyl (C=O) groups is 1. The Hall–Kier alpha value is -1.73.